The summed E-state index contributed by atoms with van der Waals surface area (Å²) in [6, 6.07) is 1.88. The van der Waals surface area contributed by atoms with E-state index < -0.39 is 17.8 Å². The molecule has 0 saturated heterocycles. The van der Waals surface area contributed by atoms with Gasteiger partial charge < -0.3 is 16.8 Å². The van der Waals surface area contributed by atoms with Gasteiger partial charge in [0.05, 0.1) is 5.69 Å². The Bertz CT molecular complexity index is 451. The zero-order valence-electron chi connectivity index (χ0n) is 9.54. The Morgan fingerprint density at radius 3 is 2.53 bits per heavy atom. The van der Waals surface area contributed by atoms with E-state index in [2.05, 4.69) is 5.32 Å². The Morgan fingerprint density at radius 1 is 1.53 bits per heavy atom. The molecule has 1 aromatic carbocycles. The molecule has 2 amide bonds. The molecular weight excluding hydrogens is 225 g/mol. The van der Waals surface area contributed by atoms with Crippen LogP contribution in [-0.2, 0) is 0 Å². The van der Waals surface area contributed by atoms with E-state index in [0.29, 0.717) is 5.56 Å². The first kappa shape index (κ1) is 12.8. The van der Waals surface area contributed by atoms with E-state index >= 15 is 0 Å². The number of hydrogen-bond donors (Lipinski definition) is 4. The van der Waals surface area contributed by atoms with Crippen molar-refractivity contribution in [2.45, 2.75) is 6.92 Å². The zero-order valence-corrected chi connectivity index (χ0v) is 9.54. The fraction of sp³-hybridized carbons (Fsp3) is 0.200. The average molecular weight is 239 g/mol. The van der Waals surface area contributed by atoms with Crippen LogP contribution < -0.4 is 21.7 Å². The molecule has 0 aliphatic heterocycles. The average Bonchev–Trinajstić information content (AvgIpc) is 2.21. The lowest BCUT2D eigenvalue weighted by Gasteiger charge is -2.22. The van der Waals surface area contributed by atoms with E-state index in [9.17, 15) is 9.18 Å². The molecule has 0 spiro atoms. The second kappa shape index (κ2) is 4.69. The third-order valence-electron chi connectivity index (χ3n) is 2.16. The number of carbonyl (C=O) groups excluding carboxylic acids is 1. The Morgan fingerprint density at radius 2 is 2.12 bits per heavy atom. The van der Waals surface area contributed by atoms with Crippen molar-refractivity contribution >= 4 is 23.4 Å². The van der Waals surface area contributed by atoms with Crippen LogP contribution >= 0.6 is 0 Å². The third kappa shape index (κ3) is 2.44. The minimum Gasteiger partial charge on any atom is -0.399 e. The van der Waals surface area contributed by atoms with Gasteiger partial charge in [-0.25, -0.2) is 14.1 Å². The van der Waals surface area contributed by atoms with Crippen LogP contribution in [0.25, 0.3) is 0 Å². The van der Waals surface area contributed by atoms with Crippen molar-refractivity contribution in [2.75, 3.05) is 17.7 Å². The van der Waals surface area contributed by atoms with E-state index in [-0.39, 0.29) is 11.4 Å². The highest BCUT2D eigenvalue weighted by Crippen LogP contribution is 2.26. The number of nitrogens with zero attached hydrogens (tertiary/aromatic N) is 1. The normalized spacial score (nSPS) is 9.82. The van der Waals surface area contributed by atoms with Gasteiger partial charge >= 0.3 is 6.03 Å². The maximum Gasteiger partial charge on any atom is 0.328 e. The minimum atomic E-state index is -0.707. The van der Waals surface area contributed by atoms with Crippen LogP contribution in [0.2, 0.25) is 0 Å². The molecule has 1 aromatic rings. The van der Waals surface area contributed by atoms with Gasteiger partial charge in [-0.05, 0) is 24.6 Å². The molecule has 0 aromatic heterocycles. The highest BCUT2D eigenvalue weighted by molar-refractivity contribution is 6.14. The largest absolute Gasteiger partial charge is 0.399 e. The summed E-state index contributed by atoms with van der Waals surface area (Å²) < 4.78 is 13.8. The zero-order chi connectivity index (χ0) is 13.2. The lowest BCUT2D eigenvalue weighted by atomic mass is 10.1. The summed E-state index contributed by atoms with van der Waals surface area (Å²) in [7, 11) is 1.36. The molecule has 0 aliphatic carbocycles. The molecule has 0 saturated carbocycles. The van der Waals surface area contributed by atoms with E-state index in [1.165, 1.54) is 13.1 Å². The van der Waals surface area contributed by atoms with Crippen LogP contribution in [0.15, 0.2) is 12.1 Å². The number of halogens is 1. The number of anilines is 2. The van der Waals surface area contributed by atoms with Gasteiger partial charge in [-0.15, -0.1) is 0 Å². The lowest BCUT2D eigenvalue weighted by molar-refractivity contribution is 0.250. The standard InChI is InChI=1S/C10H14FN5O/c1-5-3-6(12)4-7(11)8(5)16(9(13)14)10(17)15-2/h3-4H,12H2,1-2H3,(H3,13,14)(H,15,17). The number of amides is 2. The third-order valence-corrected chi connectivity index (χ3v) is 2.16. The van der Waals surface area contributed by atoms with Crippen molar-refractivity contribution in [1.82, 2.24) is 5.32 Å². The monoisotopic (exact) mass is 239 g/mol. The number of nitrogens with two attached hydrogens (primary N) is 2. The van der Waals surface area contributed by atoms with Crippen molar-refractivity contribution in [3.63, 3.8) is 0 Å². The molecule has 6 N–H and O–H groups in total. The van der Waals surface area contributed by atoms with E-state index in [4.69, 9.17) is 16.9 Å². The molecule has 0 heterocycles. The number of benzene rings is 1. The van der Waals surface area contributed by atoms with E-state index in [0.717, 1.165) is 11.0 Å². The highest BCUT2D eigenvalue weighted by atomic mass is 19.1. The molecule has 0 atom stereocenters. The summed E-state index contributed by atoms with van der Waals surface area (Å²) in [5.41, 5.74) is 11.3. The van der Waals surface area contributed by atoms with Crippen molar-refractivity contribution < 1.29 is 9.18 Å². The van der Waals surface area contributed by atoms with Gasteiger partial charge in [-0.2, -0.15) is 0 Å². The summed E-state index contributed by atoms with van der Waals surface area (Å²) in [5.74, 6) is -1.28. The smallest absolute Gasteiger partial charge is 0.328 e. The molecule has 7 heteroatoms. The number of aryl methyl sites for hydroxylation is 1. The van der Waals surface area contributed by atoms with Crippen molar-refractivity contribution in [3.05, 3.63) is 23.5 Å². The topological polar surface area (TPSA) is 108 Å². The predicted octanol–water partition coefficient (Wildman–Crippen LogP) is 0.756. The van der Waals surface area contributed by atoms with Crippen LogP contribution in [-0.4, -0.2) is 19.0 Å². The number of urea groups is 1. The fourth-order valence-electron chi connectivity index (χ4n) is 1.49. The van der Waals surface area contributed by atoms with Gasteiger partial charge in [0.2, 0.25) is 5.96 Å². The number of hydrogen-bond acceptors (Lipinski definition) is 3. The lowest BCUT2D eigenvalue weighted by Crippen LogP contribution is -2.46. The quantitative estimate of drug-likeness (QED) is 0.330. The summed E-state index contributed by atoms with van der Waals surface area (Å²) in [5, 5.41) is 9.60. The van der Waals surface area contributed by atoms with Gasteiger partial charge in [0, 0.05) is 12.7 Å². The van der Waals surface area contributed by atoms with Gasteiger partial charge in [0.1, 0.15) is 5.82 Å². The van der Waals surface area contributed by atoms with Crippen LogP contribution in [0.4, 0.5) is 20.6 Å². The second-order valence-corrected chi connectivity index (χ2v) is 3.44. The number of nitrogen functional groups attached to an aromatic ring is 1. The van der Waals surface area contributed by atoms with Crippen molar-refractivity contribution in [3.8, 4) is 0 Å². The van der Waals surface area contributed by atoms with Crippen LogP contribution in [0.1, 0.15) is 5.56 Å². The first-order valence-corrected chi connectivity index (χ1v) is 4.80. The maximum absolute atomic E-state index is 13.8. The molecule has 0 unspecified atom stereocenters. The van der Waals surface area contributed by atoms with Crippen LogP contribution in [0.5, 0.6) is 0 Å². The highest BCUT2D eigenvalue weighted by Gasteiger charge is 2.23. The van der Waals surface area contributed by atoms with Crippen molar-refractivity contribution in [2.24, 2.45) is 5.73 Å². The molecule has 17 heavy (non-hydrogen) atoms. The number of carbonyl (C=O) groups is 1. The van der Waals surface area contributed by atoms with Gasteiger partial charge in [-0.3, -0.25) is 5.41 Å². The van der Waals surface area contributed by atoms with E-state index in [1.807, 2.05) is 0 Å². The Labute approximate surface area is 97.9 Å². The number of guanidine groups is 1. The van der Waals surface area contributed by atoms with Crippen molar-refractivity contribution in [1.29, 1.82) is 5.41 Å². The van der Waals surface area contributed by atoms with Gasteiger partial charge in [0.15, 0.2) is 0 Å². The first-order chi connectivity index (χ1) is 7.88. The molecule has 0 bridgehead atoms. The van der Waals surface area contributed by atoms with Crippen LogP contribution in [0, 0.1) is 18.2 Å². The molecular formula is C10H14FN5O. The second-order valence-electron chi connectivity index (χ2n) is 3.44. The molecule has 92 valence electrons. The SMILES string of the molecule is CNC(=O)N(C(=N)N)c1c(C)cc(N)cc1F. The molecule has 6 nitrogen and oxygen atoms in total. The summed E-state index contributed by atoms with van der Waals surface area (Å²) >= 11 is 0. The summed E-state index contributed by atoms with van der Waals surface area (Å²) in [4.78, 5) is 12.3. The molecule has 0 radical (unpaired) electrons. The summed E-state index contributed by atoms with van der Waals surface area (Å²) in [6.45, 7) is 1.58. The molecule has 0 fully saturated rings. The fourth-order valence-corrected chi connectivity index (χ4v) is 1.49. The minimum absolute atomic E-state index is 0.0777. The van der Waals surface area contributed by atoms with Gasteiger partial charge in [0.25, 0.3) is 0 Å². The number of nitrogens with one attached hydrogen (secondary N) is 2. The number of rotatable bonds is 1. The van der Waals surface area contributed by atoms with Crippen LogP contribution in [0.3, 0.4) is 0 Å². The van der Waals surface area contributed by atoms with Gasteiger partial charge in [-0.1, -0.05) is 0 Å². The maximum atomic E-state index is 13.8. The summed E-state index contributed by atoms with van der Waals surface area (Å²) in [6.07, 6.45) is 0. The predicted molar refractivity (Wildman–Crippen MR) is 64.4 cm³/mol. The Hall–Kier alpha value is -2.31. The first-order valence-electron chi connectivity index (χ1n) is 4.80. The Kier molecular flexibility index (Phi) is 3.52. The van der Waals surface area contributed by atoms with E-state index in [1.54, 1.807) is 6.92 Å². The molecule has 1 rings (SSSR count). The molecule has 0 aliphatic rings. The Balaban J connectivity index is 3.38.